The van der Waals surface area contributed by atoms with Gasteiger partial charge < -0.3 is 10.5 Å². The van der Waals surface area contributed by atoms with Crippen LogP contribution in [0.1, 0.15) is 49.3 Å². The predicted molar refractivity (Wildman–Crippen MR) is 119 cm³/mol. The van der Waals surface area contributed by atoms with Gasteiger partial charge in [-0.2, -0.15) is 0 Å². The summed E-state index contributed by atoms with van der Waals surface area (Å²) in [6.07, 6.45) is 10.8. The van der Waals surface area contributed by atoms with Crippen LogP contribution in [0.2, 0.25) is 5.02 Å². The van der Waals surface area contributed by atoms with E-state index in [1.807, 2.05) is 0 Å². The van der Waals surface area contributed by atoms with Crippen molar-refractivity contribution in [1.82, 2.24) is 9.97 Å². The lowest BCUT2D eigenvalue weighted by molar-refractivity contribution is -0.118. The summed E-state index contributed by atoms with van der Waals surface area (Å²) in [5.74, 6) is 0.00607. The van der Waals surface area contributed by atoms with Crippen molar-refractivity contribution in [2.75, 3.05) is 11.6 Å². The van der Waals surface area contributed by atoms with Crippen molar-refractivity contribution in [2.24, 2.45) is 11.1 Å². The van der Waals surface area contributed by atoms with Gasteiger partial charge >= 0.3 is 0 Å². The Morgan fingerprint density at radius 1 is 1.32 bits per heavy atom. The fourth-order valence-electron chi connectivity index (χ4n) is 3.88. The second kappa shape index (κ2) is 10.2. The van der Waals surface area contributed by atoms with Gasteiger partial charge in [0.25, 0.3) is 0 Å². The highest BCUT2D eigenvalue weighted by Crippen LogP contribution is 2.36. The molecule has 2 aromatic rings. The van der Waals surface area contributed by atoms with Crippen molar-refractivity contribution in [2.45, 2.75) is 49.3 Å². The molecule has 1 aliphatic rings. The Morgan fingerprint density at radius 2 is 2.06 bits per heavy atom. The SMILES string of the molecule is CS(=O)(=O)c1ccc([C@@H](CC2CCCC2)C(=O)Nc2cnc(CC=NO)cn2)cc1Cl. The van der Waals surface area contributed by atoms with E-state index in [4.69, 9.17) is 16.8 Å². The van der Waals surface area contributed by atoms with E-state index in [0.29, 0.717) is 35.8 Å². The Hall–Kier alpha value is -2.52. The second-order valence-electron chi connectivity index (χ2n) is 7.79. The lowest BCUT2D eigenvalue weighted by Crippen LogP contribution is -2.24. The smallest absolute Gasteiger partial charge is 0.233 e. The molecule has 0 saturated heterocycles. The van der Waals surface area contributed by atoms with Gasteiger partial charge in [0.2, 0.25) is 5.91 Å². The molecule has 1 heterocycles. The Kier molecular flexibility index (Phi) is 7.61. The van der Waals surface area contributed by atoms with Gasteiger partial charge in [-0.05, 0) is 30.0 Å². The summed E-state index contributed by atoms with van der Waals surface area (Å²) in [7, 11) is -3.45. The van der Waals surface area contributed by atoms with E-state index in [1.54, 1.807) is 12.1 Å². The van der Waals surface area contributed by atoms with Crippen LogP contribution in [0.15, 0.2) is 40.6 Å². The molecule has 1 atom stereocenters. The maximum Gasteiger partial charge on any atom is 0.233 e. The van der Waals surface area contributed by atoms with Gasteiger partial charge in [0.1, 0.15) is 0 Å². The molecular formula is C21H25ClN4O4S. The highest BCUT2D eigenvalue weighted by Gasteiger charge is 2.28. The van der Waals surface area contributed by atoms with E-state index < -0.39 is 15.8 Å². The zero-order chi connectivity index (χ0) is 22.4. The molecule has 166 valence electrons. The number of amides is 1. The first kappa shape index (κ1) is 23.1. The maximum atomic E-state index is 13.2. The lowest BCUT2D eigenvalue weighted by atomic mass is 9.87. The van der Waals surface area contributed by atoms with Gasteiger partial charge in [-0.15, -0.1) is 5.16 Å². The van der Waals surface area contributed by atoms with Crippen LogP contribution in [0.25, 0.3) is 0 Å². The lowest BCUT2D eigenvalue weighted by Gasteiger charge is -2.21. The summed E-state index contributed by atoms with van der Waals surface area (Å²) < 4.78 is 23.8. The van der Waals surface area contributed by atoms with Gasteiger partial charge in [0.05, 0.1) is 33.9 Å². The van der Waals surface area contributed by atoms with Crippen LogP contribution < -0.4 is 5.32 Å². The Labute approximate surface area is 186 Å². The molecule has 0 spiro atoms. The molecule has 3 rings (SSSR count). The minimum absolute atomic E-state index is 0.0471. The molecule has 0 bridgehead atoms. The number of nitrogens with one attached hydrogen (secondary N) is 1. The molecule has 1 aliphatic carbocycles. The van der Waals surface area contributed by atoms with Crippen LogP contribution >= 0.6 is 11.6 Å². The van der Waals surface area contributed by atoms with E-state index in [-0.39, 0.29) is 15.8 Å². The average molecular weight is 465 g/mol. The van der Waals surface area contributed by atoms with Gasteiger partial charge in [-0.25, -0.2) is 13.4 Å². The van der Waals surface area contributed by atoms with E-state index in [0.717, 1.165) is 31.9 Å². The molecule has 0 unspecified atom stereocenters. The van der Waals surface area contributed by atoms with Crippen LogP contribution in [0.3, 0.4) is 0 Å². The van der Waals surface area contributed by atoms with Crippen molar-refractivity contribution in [3.8, 4) is 0 Å². The molecule has 31 heavy (non-hydrogen) atoms. The monoisotopic (exact) mass is 464 g/mol. The van der Waals surface area contributed by atoms with Crippen molar-refractivity contribution in [3.63, 3.8) is 0 Å². The van der Waals surface area contributed by atoms with Crippen LogP contribution in [-0.2, 0) is 21.1 Å². The van der Waals surface area contributed by atoms with E-state index >= 15 is 0 Å². The Balaban J connectivity index is 1.83. The standard InChI is InChI=1S/C21H25ClN4O4S/c1-31(29,30)19-7-6-15(11-18(19)22)17(10-14-4-2-3-5-14)21(27)26-20-13-23-16(12-24-20)8-9-25-28/h6-7,9,11-14,17,28H,2-5,8,10H2,1H3,(H,24,26,27)/t17-/m1/s1. The molecule has 2 N–H and O–H groups in total. The maximum absolute atomic E-state index is 13.2. The zero-order valence-corrected chi connectivity index (χ0v) is 18.7. The first-order valence-electron chi connectivity index (χ1n) is 10.0. The molecule has 0 aliphatic heterocycles. The summed E-state index contributed by atoms with van der Waals surface area (Å²) >= 11 is 6.24. The number of aromatic nitrogens is 2. The van der Waals surface area contributed by atoms with Gasteiger partial charge in [-0.1, -0.05) is 43.4 Å². The minimum Gasteiger partial charge on any atom is -0.411 e. The number of hydrogen-bond donors (Lipinski definition) is 2. The number of carbonyl (C=O) groups excluding carboxylic acids is 1. The van der Waals surface area contributed by atoms with Crippen LogP contribution in [-0.4, -0.2) is 42.0 Å². The first-order chi connectivity index (χ1) is 14.8. The van der Waals surface area contributed by atoms with Crippen LogP contribution in [0, 0.1) is 5.92 Å². The molecule has 1 aromatic heterocycles. The van der Waals surface area contributed by atoms with Crippen molar-refractivity contribution in [3.05, 3.63) is 46.9 Å². The third-order valence-electron chi connectivity index (χ3n) is 5.46. The quantitative estimate of drug-likeness (QED) is 0.347. The number of benzene rings is 1. The first-order valence-corrected chi connectivity index (χ1v) is 12.3. The summed E-state index contributed by atoms with van der Waals surface area (Å²) in [5, 5.41) is 14.3. The normalized spacial score (nSPS) is 15.9. The third-order valence-corrected chi connectivity index (χ3v) is 7.04. The fraction of sp³-hybridized carbons (Fsp3) is 0.429. The Morgan fingerprint density at radius 3 is 2.65 bits per heavy atom. The molecule has 0 radical (unpaired) electrons. The minimum atomic E-state index is -3.45. The Bertz CT molecular complexity index is 1050. The van der Waals surface area contributed by atoms with Crippen LogP contribution in [0.5, 0.6) is 0 Å². The van der Waals surface area contributed by atoms with E-state index in [2.05, 4.69) is 20.4 Å². The molecule has 1 aromatic carbocycles. The highest BCUT2D eigenvalue weighted by atomic mass is 35.5. The largest absolute Gasteiger partial charge is 0.411 e. The third kappa shape index (κ3) is 6.24. The number of nitrogens with zero attached hydrogens (tertiary/aromatic N) is 3. The number of oxime groups is 1. The summed E-state index contributed by atoms with van der Waals surface area (Å²) in [6, 6.07) is 4.68. The topological polar surface area (TPSA) is 122 Å². The van der Waals surface area contributed by atoms with Crippen LogP contribution in [0.4, 0.5) is 5.82 Å². The number of carbonyl (C=O) groups is 1. The summed E-state index contributed by atoms with van der Waals surface area (Å²) in [5.41, 5.74) is 1.27. The van der Waals surface area contributed by atoms with E-state index in [9.17, 15) is 13.2 Å². The summed E-state index contributed by atoms with van der Waals surface area (Å²) in [4.78, 5) is 21.6. The predicted octanol–water partition coefficient (Wildman–Crippen LogP) is 3.84. The number of sulfone groups is 1. The number of halogens is 1. The van der Waals surface area contributed by atoms with Crippen molar-refractivity contribution >= 4 is 39.4 Å². The van der Waals surface area contributed by atoms with Crippen molar-refractivity contribution in [1.29, 1.82) is 0 Å². The van der Waals surface area contributed by atoms with Gasteiger partial charge in [-0.3, -0.25) is 9.78 Å². The molecule has 1 fully saturated rings. The molecule has 1 amide bonds. The molecule has 1 saturated carbocycles. The zero-order valence-electron chi connectivity index (χ0n) is 17.2. The fourth-order valence-corrected chi connectivity index (χ4v) is 5.22. The van der Waals surface area contributed by atoms with E-state index in [1.165, 1.54) is 24.7 Å². The van der Waals surface area contributed by atoms with Gasteiger partial charge in [0, 0.05) is 18.9 Å². The molecule has 8 nitrogen and oxygen atoms in total. The van der Waals surface area contributed by atoms with Gasteiger partial charge in [0.15, 0.2) is 15.7 Å². The highest BCUT2D eigenvalue weighted by molar-refractivity contribution is 7.90. The second-order valence-corrected chi connectivity index (χ2v) is 10.2. The average Bonchev–Trinajstić information content (AvgIpc) is 3.23. The molecule has 10 heteroatoms. The number of anilines is 1. The molecular weight excluding hydrogens is 440 g/mol. The number of hydrogen-bond acceptors (Lipinski definition) is 7. The summed E-state index contributed by atoms with van der Waals surface area (Å²) in [6.45, 7) is 0. The van der Waals surface area contributed by atoms with Crippen molar-refractivity contribution < 1.29 is 18.4 Å². The number of rotatable bonds is 8.